The SMILES string of the molecule is COc1cccc(N(C)S(=O)(=O)CC2CCNCC2)c1. The van der Waals surface area contributed by atoms with Crippen molar-refractivity contribution in [2.45, 2.75) is 12.8 Å². The first kappa shape index (κ1) is 15.1. The van der Waals surface area contributed by atoms with Gasteiger partial charge in [0.25, 0.3) is 0 Å². The monoisotopic (exact) mass is 298 g/mol. The zero-order valence-corrected chi connectivity index (χ0v) is 12.8. The molecule has 0 bridgehead atoms. The molecule has 1 saturated heterocycles. The highest BCUT2D eigenvalue weighted by atomic mass is 32.2. The topological polar surface area (TPSA) is 58.6 Å². The van der Waals surface area contributed by atoms with Crippen LogP contribution in [0.5, 0.6) is 5.75 Å². The molecule has 0 aliphatic carbocycles. The van der Waals surface area contributed by atoms with Crippen molar-refractivity contribution in [2.75, 3.05) is 37.3 Å². The van der Waals surface area contributed by atoms with Gasteiger partial charge in [-0.05, 0) is 44.0 Å². The van der Waals surface area contributed by atoms with Crippen molar-refractivity contribution in [3.8, 4) is 5.75 Å². The minimum absolute atomic E-state index is 0.211. The molecule has 0 radical (unpaired) electrons. The molecule has 112 valence electrons. The van der Waals surface area contributed by atoms with Gasteiger partial charge >= 0.3 is 0 Å². The molecule has 1 aliphatic heterocycles. The number of hydrogen-bond acceptors (Lipinski definition) is 4. The van der Waals surface area contributed by atoms with E-state index in [-0.39, 0.29) is 11.7 Å². The zero-order valence-electron chi connectivity index (χ0n) is 12.0. The van der Waals surface area contributed by atoms with Gasteiger partial charge in [0.15, 0.2) is 0 Å². The molecule has 1 aliphatic rings. The maximum atomic E-state index is 12.5. The molecular formula is C14H22N2O3S. The average Bonchev–Trinajstić information content (AvgIpc) is 2.47. The predicted octanol–water partition coefficient (Wildman–Crippen LogP) is 1.46. The Bertz CT molecular complexity index is 539. The van der Waals surface area contributed by atoms with Gasteiger partial charge in [0.05, 0.1) is 18.6 Å². The summed E-state index contributed by atoms with van der Waals surface area (Å²) < 4.78 is 31.4. The number of piperidine rings is 1. The summed E-state index contributed by atoms with van der Waals surface area (Å²) in [6.07, 6.45) is 1.84. The first-order valence-electron chi connectivity index (χ1n) is 6.84. The van der Waals surface area contributed by atoms with E-state index < -0.39 is 10.0 Å². The van der Waals surface area contributed by atoms with Gasteiger partial charge in [0.2, 0.25) is 10.0 Å². The van der Waals surface area contributed by atoms with Crippen LogP contribution in [-0.2, 0) is 10.0 Å². The third-order valence-corrected chi connectivity index (χ3v) is 5.68. The number of benzene rings is 1. The lowest BCUT2D eigenvalue weighted by Crippen LogP contribution is -2.36. The molecule has 0 spiro atoms. The Balaban J connectivity index is 2.10. The molecule has 2 rings (SSSR count). The summed E-state index contributed by atoms with van der Waals surface area (Å²) in [6.45, 7) is 1.81. The molecule has 0 saturated carbocycles. The third-order valence-electron chi connectivity index (χ3n) is 3.74. The second-order valence-corrected chi connectivity index (χ2v) is 7.19. The van der Waals surface area contributed by atoms with Gasteiger partial charge in [-0.2, -0.15) is 0 Å². The van der Waals surface area contributed by atoms with Gasteiger partial charge in [0.1, 0.15) is 5.75 Å². The molecule has 1 fully saturated rings. The van der Waals surface area contributed by atoms with E-state index in [0.717, 1.165) is 25.9 Å². The van der Waals surface area contributed by atoms with E-state index in [0.29, 0.717) is 11.4 Å². The quantitative estimate of drug-likeness (QED) is 0.894. The summed E-state index contributed by atoms with van der Waals surface area (Å²) in [5.74, 6) is 1.11. The van der Waals surface area contributed by atoms with Gasteiger partial charge in [-0.15, -0.1) is 0 Å². The van der Waals surface area contributed by atoms with Crippen molar-refractivity contribution in [3.63, 3.8) is 0 Å². The van der Waals surface area contributed by atoms with Crippen LogP contribution in [-0.4, -0.2) is 41.4 Å². The predicted molar refractivity (Wildman–Crippen MR) is 80.8 cm³/mol. The number of anilines is 1. The van der Waals surface area contributed by atoms with Crippen LogP contribution in [0.4, 0.5) is 5.69 Å². The van der Waals surface area contributed by atoms with Crippen LogP contribution in [0.15, 0.2) is 24.3 Å². The Kier molecular flexibility index (Phi) is 4.88. The lowest BCUT2D eigenvalue weighted by Gasteiger charge is -2.26. The van der Waals surface area contributed by atoms with Gasteiger partial charge < -0.3 is 10.1 Å². The average molecular weight is 298 g/mol. The van der Waals surface area contributed by atoms with Crippen LogP contribution >= 0.6 is 0 Å². The highest BCUT2D eigenvalue weighted by Crippen LogP contribution is 2.24. The lowest BCUT2D eigenvalue weighted by molar-refractivity contribution is 0.401. The molecule has 1 heterocycles. The van der Waals surface area contributed by atoms with E-state index in [1.807, 2.05) is 0 Å². The van der Waals surface area contributed by atoms with Crippen molar-refractivity contribution in [1.29, 1.82) is 0 Å². The number of hydrogen-bond donors (Lipinski definition) is 1. The molecule has 1 N–H and O–H groups in total. The van der Waals surface area contributed by atoms with Crippen molar-refractivity contribution in [2.24, 2.45) is 5.92 Å². The lowest BCUT2D eigenvalue weighted by atomic mass is 10.0. The van der Waals surface area contributed by atoms with Crippen molar-refractivity contribution < 1.29 is 13.2 Å². The fraction of sp³-hybridized carbons (Fsp3) is 0.571. The molecule has 0 unspecified atom stereocenters. The first-order valence-corrected chi connectivity index (χ1v) is 8.45. The van der Waals surface area contributed by atoms with Crippen LogP contribution in [0.25, 0.3) is 0 Å². The second-order valence-electron chi connectivity index (χ2n) is 5.14. The van der Waals surface area contributed by atoms with Crippen LogP contribution in [0.3, 0.4) is 0 Å². The second kappa shape index (κ2) is 6.45. The number of sulfonamides is 1. The molecular weight excluding hydrogens is 276 g/mol. The minimum Gasteiger partial charge on any atom is -0.497 e. The van der Waals surface area contributed by atoms with E-state index in [2.05, 4.69) is 5.32 Å². The Morgan fingerprint density at radius 2 is 2.05 bits per heavy atom. The van der Waals surface area contributed by atoms with Gasteiger partial charge in [-0.1, -0.05) is 6.07 Å². The summed E-state index contributed by atoms with van der Waals surface area (Å²) in [5.41, 5.74) is 0.637. The van der Waals surface area contributed by atoms with Gasteiger partial charge in [0, 0.05) is 13.1 Å². The maximum Gasteiger partial charge on any atom is 0.235 e. The van der Waals surface area contributed by atoms with E-state index in [1.54, 1.807) is 38.4 Å². The van der Waals surface area contributed by atoms with Crippen LogP contribution in [0, 0.1) is 5.92 Å². The Labute approximate surface area is 121 Å². The minimum atomic E-state index is -3.29. The Morgan fingerprint density at radius 1 is 1.35 bits per heavy atom. The van der Waals surface area contributed by atoms with E-state index in [9.17, 15) is 8.42 Å². The van der Waals surface area contributed by atoms with Crippen LogP contribution < -0.4 is 14.4 Å². The fourth-order valence-corrected chi connectivity index (χ4v) is 4.01. The molecule has 20 heavy (non-hydrogen) atoms. The van der Waals surface area contributed by atoms with Crippen LogP contribution in [0.2, 0.25) is 0 Å². The standard InChI is InChI=1S/C14H22N2O3S/c1-16(13-4-3-5-14(10-13)19-2)20(17,18)11-12-6-8-15-9-7-12/h3-5,10,12,15H,6-9,11H2,1-2H3. The van der Waals surface area contributed by atoms with Gasteiger partial charge in [-0.3, -0.25) is 4.31 Å². The molecule has 0 amide bonds. The number of ether oxygens (including phenoxy) is 1. The summed E-state index contributed by atoms with van der Waals surface area (Å²) in [4.78, 5) is 0. The summed E-state index contributed by atoms with van der Waals surface area (Å²) in [5, 5.41) is 3.25. The van der Waals surface area contributed by atoms with Crippen molar-refractivity contribution in [3.05, 3.63) is 24.3 Å². The summed E-state index contributed by atoms with van der Waals surface area (Å²) >= 11 is 0. The Hall–Kier alpha value is -1.27. The van der Waals surface area contributed by atoms with E-state index in [4.69, 9.17) is 4.74 Å². The molecule has 0 aromatic heterocycles. The number of nitrogens with one attached hydrogen (secondary N) is 1. The van der Waals surface area contributed by atoms with Crippen molar-refractivity contribution in [1.82, 2.24) is 5.32 Å². The normalized spacial score (nSPS) is 16.9. The van der Waals surface area contributed by atoms with Crippen LogP contribution in [0.1, 0.15) is 12.8 Å². The molecule has 6 heteroatoms. The zero-order chi connectivity index (χ0) is 14.6. The highest BCUT2D eigenvalue weighted by Gasteiger charge is 2.25. The third kappa shape index (κ3) is 3.64. The summed E-state index contributed by atoms with van der Waals surface area (Å²) in [7, 11) is -0.114. The van der Waals surface area contributed by atoms with E-state index in [1.165, 1.54) is 4.31 Å². The molecule has 1 aromatic carbocycles. The highest BCUT2D eigenvalue weighted by molar-refractivity contribution is 7.92. The number of methoxy groups -OCH3 is 1. The Morgan fingerprint density at radius 3 is 2.70 bits per heavy atom. The largest absolute Gasteiger partial charge is 0.497 e. The van der Waals surface area contributed by atoms with Crippen molar-refractivity contribution >= 4 is 15.7 Å². The van der Waals surface area contributed by atoms with Gasteiger partial charge in [-0.25, -0.2) is 8.42 Å². The smallest absolute Gasteiger partial charge is 0.235 e. The number of rotatable bonds is 5. The van der Waals surface area contributed by atoms with E-state index >= 15 is 0 Å². The molecule has 1 aromatic rings. The first-order chi connectivity index (χ1) is 9.53. The number of nitrogens with zero attached hydrogens (tertiary/aromatic N) is 1. The summed E-state index contributed by atoms with van der Waals surface area (Å²) in [6, 6.07) is 7.12. The fourth-order valence-electron chi connectivity index (χ4n) is 2.42. The molecule has 5 nitrogen and oxygen atoms in total. The molecule has 0 atom stereocenters. The maximum absolute atomic E-state index is 12.5.